The van der Waals surface area contributed by atoms with Crippen molar-refractivity contribution in [2.75, 3.05) is 17.2 Å². The van der Waals surface area contributed by atoms with E-state index >= 15 is 0 Å². The van der Waals surface area contributed by atoms with Crippen LogP contribution >= 0.6 is 0 Å². The summed E-state index contributed by atoms with van der Waals surface area (Å²) in [5.41, 5.74) is -0.288. The van der Waals surface area contributed by atoms with E-state index in [-0.39, 0.29) is 23.9 Å². The van der Waals surface area contributed by atoms with E-state index < -0.39 is 22.2 Å². The number of nitro groups is 1. The van der Waals surface area contributed by atoms with E-state index in [1.165, 1.54) is 12.1 Å². The van der Waals surface area contributed by atoms with E-state index in [1.54, 1.807) is 0 Å². The number of aromatic nitrogens is 2. The van der Waals surface area contributed by atoms with Gasteiger partial charge in [-0.15, -0.1) is 6.58 Å². The van der Waals surface area contributed by atoms with Gasteiger partial charge < -0.3 is 10.6 Å². The summed E-state index contributed by atoms with van der Waals surface area (Å²) in [7, 11) is 0. The minimum Gasteiger partial charge on any atom is -0.361 e. The summed E-state index contributed by atoms with van der Waals surface area (Å²) >= 11 is 0. The van der Waals surface area contributed by atoms with Crippen LogP contribution in [0.3, 0.4) is 0 Å². The number of nitrogens with one attached hydrogen (secondary N) is 2. The monoisotopic (exact) mass is 307 g/mol. The highest BCUT2D eigenvalue weighted by molar-refractivity contribution is 5.73. The van der Waals surface area contributed by atoms with Crippen LogP contribution in [-0.2, 0) is 0 Å². The molecule has 2 N–H and O–H groups in total. The average molecular weight is 307 g/mol. The number of rotatable bonds is 6. The Hall–Kier alpha value is -3.10. The molecule has 9 heteroatoms. The van der Waals surface area contributed by atoms with E-state index in [0.717, 1.165) is 18.5 Å². The van der Waals surface area contributed by atoms with Gasteiger partial charge in [0.15, 0.2) is 11.6 Å². The Morgan fingerprint density at radius 3 is 2.64 bits per heavy atom. The molecule has 0 spiro atoms. The summed E-state index contributed by atoms with van der Waals surface area (Å²) in [6.07, 6.45) is 2.62. The fourth-order valence-corrected chi connectivity index (χ4v) is 1.65. The Bertz CT molecular complexity index is 724. The van der Waals surface area contributed by atoms with Gasteiger partial charge in [0.25, 0.3) is 0 Å². The Kier molecular flexibility index (Phi) is 4.57. The molecule has 0 fully saturated rings. The summed E-state index contributed by atoms with van der Waals surface area (Å²) in [6, 6.07) is 3.01. The fraction of sp³-hybridized carbons (Fsp3) is 0.0769. The van der Waals surface area contributed by atoms with Crippen LogP contribution < -0.4 is 10.6 Å². The normalized spacial score (nSPS) is 10.1. The van der Waals surface area contributed by atoms with Crippen LogP contribution in [0.4, 0.5) is 31.8 Å². The van der Waals surface area contributed by atoms with Gasteiger partial charge >= 0.3 is 5.69 Å². The summed E-state index contributed by atoms with van der Waals surface area (Å²) in [5, 5.41) is 16.5. The lowest BCUT2D eigenvalue weighted by Crippen LogP contribution is -2.08. The molecule has 0 radical (unpaired) electrons. The zero-order valence-corrected chi connectivity index (χ0v) is 11.2. The highest BCUT2D eigenvalue weighted by atomic mass is 19.2. The van der Waals surface area contributed by atoms with Crippen molar-refractivity contribution >= 4 is 23.0 Å². The van der Waals surface area contributed by atoms with Gasteiger partial charge in [-0.05, 0) is 12.1 Å². The van der Waals surface area contributed by atoms with Crippen molar-refractivity contribution in [3.8, 4) is 0 Å². The Morgan fingerprint density at radius 1 is 1.27 bits per heavy atom. The van der Waals surface area contributed by atoms with Crippen molar-refractivity contribution in [2.24, 2.45) is 0 Å². The first-order chi connectivity index (χ1) is 10.5. The molecule has 0 atom stereocenters. The first-order valence-electron chi connectivity index (χ1n) is 6.09. The van der Waals surface area contributed by atoms with Crippen molar-refractivity contribution in [3.05, 3.63) is 58.9 Å². The van der Waals surface area contributed by atoms with E-state index in [2.05, 4.69) is 27.2 Å². The van der Waals surface area contributed by atoms with Crippen LogP contribution in [0.25, 0.3) is 0 Å². The average Bonchev–Trinajstić information content (AvgIpc) is 2.48. The van der Waals surface area contributed by atoms with Crippen molar-refractivity contribution in [1.29, 1.82) is 0 Å². The van der Waals surface area contributed by atoms with Crippen molar-refractivity contribution < 1.29 is 13.7 Å². The molecule has 2 rings (SSSR count). The maximum Gasteiger partial charge on any atom is 0.353 e. The second-order valence-electron chi connectivity index (χ2n) is 4.10. The summed E-state index contributed by atoms with van der Waals surface area (Å²) in [6.45, 7) is 3.76. The van der Waals surface area contributed by atoms with E-state index in [9.17, 15) is 18.9 Å². The summed E-state index contributed by atoms with van der Waals surface area (Å²) in [4.78, 5) is 18.1. The topological polar surface area (TPSA) is 93.0 Å². The molecule has 0 bridgehead atoms. The molecule has 0 unspecified atom stereocenters. The standard InChI is InChI=1S/C13H11F2N5O2/c1-2-5-16-12-11(20(21)22)13(18-7-17-12)19-8-3-4-9(14)10(15)6-8/h2-4,6-7H,1,5H2,(H2,16,17,18,19). The zero-order valence-electron chi connectivity index (χ0n) is 11.2. The fourth-order valence-electron chi connectivity index (χ4n) is 1.65. The van der Waals surface area contributed by atoms with Gasteiger partial charge in [-0.3, -0.25) is 10.1 Å². The Morgan fingerprint density at radius 2 is 2.00 bits per heavy atom. The quantitative estimate of drug-likeness (QED) is 0.484. The second-order valence-corrected chi connectivity index (χ2v) is 4.10. The van der Waals surface area contributed by atoms with Gasteiger partial charge in [0, 0.05) is 18.3 Å². The largest absolute Gasteiger partial charge is 0.361 e. The van der Waals surface area contributed by atoms with Gasteiger partial charge in [0.1, 0.15) is 6.33 Å². The van der Waals surface area contributed by atoms with Crippen LogP contribution in [0.5, 0.6) is 0 Å². The minimum absolute atomic E-state index is 0.00927. The van der Waals surface area contributed by atoms with Gasteiger partial charge in [-0.1, -0.05) is 6.08 Å². The summed E-state index contributed by atoms with van der Waals surface area (Å²) < 4.78 is 26.1. The van der Waals surface area contributed by atoms with Gasteiger partial charge in [-0.2, -0.15) is 0 Å². The lowest BCUT2D eigenvalue weighted by molar-refractivity contribution is -0.383. The van der Waals surface area contributed by atoms with Crippen LogP contribution in [0.2, 0.25) is 0 Å². The molecule has 0 aliphatic carbocycles. The van der Waals surface area contributed by atoms with Crippen molar-refractivity contribution in [2.45, 2.75) is 0 Å². The molecule has 1 aromatic carbocycles. The lowest BCUT2D eigenvalue weighted by Gasteiger charge is -2.09. The molecule has 0 amide bonds. The Labute approximate surface area is 123 Å². The van der Waals surface area contributed by atoms with E-state index in [1.807, 2.05) is 0 Å². The highest BCUT2D eigenvalue weighted by Gasteiger charge is 2.22. The zero-order chi connectivity index (χ0) is 16.1. The van der Waals surface area contributed by atoms with Gasteiger partial charge in [0.05, 0.1) is 4.92 Å². The highest BCUT2D eigenvalue weighted by Crippen LogP contribution is 2.31. The molecule has 0 saturated heterocycles. The number of halogens is 2. The number of hydrogen-bond donors (Lipinski definition) is 2. The number of anilines is 3. The maximum atomic E-state index is 13.2. The maximum absolute atomic E-state index is 13.2. The third-order valence-electron chi connectivity index (χ3n) is 2.60. The molecule has 0 aliphatic heterocycles. The van der Waals surface area contributed by atoms with E-state index in [4.69, 9.17) is 0 Å². The molecule has 0 saturated carbocycles. The Balaban J connectivity index is 2.39. The molecular formula is C13H11F2N5O2. The molecule has 114 valence electrons. The number of nitrogens with zero attached hydrogens (tertiary/aromatic N) is 3. The van der Waals surface area contributed by atoms with Crippen LogP contribution in [0, 0.1) is 21.7 Å². The molecule has 0 aliphatic rings. The molecule has 1 heterocycles. The number of benzene rings is 1. The number of hydrogen-bond acceptors (Lipinski definition) is 6. The predicted molar refractivity (Wildman–Crippen MR) is 77.0 cm³/mol. The predicted octanol–water partition coefficient (Wildman–Crippen LogP) is 3.00. The first-order valence-corrected chi connectivity index (χ1v) is 6.09. The van der Waals surface area contributed by atoms with Crippen LogP contribution in [0.1, 0.15) is 0 Å². The van der Waals surface area contributed by atoms with Crippen molar-refractivity contribution in [3.63, 3.8) is 0 Å². The van der Waals surface area contributed by atoms with Gasteiger partial charge in [0.2, 0.25) is 11.6 Å². The van der Waals surface area contributed by atoms with Crippen LogP contribution in [-0.4, -0.2) is 21.4 Å². The molecular weight excluding hydrogens is 296 g/mol. The third kappa shape index (κ3) is 3.32. The SMILES string of the molecule is C=CCNc1ncnc(Nc2ccc(F)c(F)c2)c1[N+](=O)[O-]. The van der Waals surface area contributed by atoms with E-state index in [0.29, 0.717) is 0 Å². The third-order valence-corrected chi connectivity index (χ3v) is 2.60. The molecule has 22 heavy (non-hydrogen) atoms. The minimum atomic E-state index is -1.08. The lowest BCUT2D eigenvalue weighted by atomic mass is 10.3. The summed E-state index contributed by atoms with van der Waals surface area (Å²) in [5.74, 6) is -2.25. The second kappa shape index (κ2) is 6.57. The molecule has 7 nitrogen and oxygen atoms in total. The van der Waals surface area contributed by atoms with Gasteiger partial charge in [-0.25, -0.2) is 18.7 Å². The molecule has 2 aromatic rings. The first kappa shape index (κ1) is 15.3. The smallest absolute Gasteiger partial charge is 0.353 e. The van der Waals surface area contributed by atoms with Crippen molar-refractivity contribution in [1.82, 2.24) is 9.97 Å². The van der Waals surface area contributed by atoms with Crippen LogP contribution in [0.15, 0.2) is 37.2 Å². The molecule has 1 aromatic heterocycles.